The van der Waals surface area contributed by atoms with E-state index in [1.54, 1.807) is 13.8 Å². The van der Waals surface area contributed by atoms with Gasteiger partial charge in [0.1, 0.15) is 12.3 Å². The second-order valence-electron chi connectivity index (χ2n) is 4.10. The van der Waals surface area contributed by atoms with Gasteiger partial charge in [0.25, 0.3) is 5.91 Å². The molecular formula is C11H14N2O5. The Kier molecular flexibility index (Phi) is 4.09. The summed E-state index contributed by atoms with van der Waals surface area (Å²) in [6, 6.07) is 0.242. The lowest BCUT2D eigenvalue weighted by molar-refractivity contribution is -0.120. The highest BCUT2D eigenvalue weighted by Crippen LogP contribution is 2.09. The van der Waals surface area contributed by atoms with E-state index in [1.165, 1.54) is 0 Å². The first-order chi connectivity index (χ1) is 8.32. The highest BCUT2D eigenvalue weighted by molar-refractivity contribution is 5.97. The van der Waals surface area contributed by atoms with Crippen LogP contribution in [0.3, 0.4) is 0 Å². The standard InChI is InChI=1S/C11H14N2O5/c1-5(2)8(9(12)14)13-10(15)7-3-6(4-18-7)11(16)17/h3-5,8H,1-2H3,(H2,12,14)(H,13,15)(H,16,17). The van der Waals surface area contributed by atoms with Crippen molar-refractivity contribution in [2.75, 3.05) is 0 Å². The smallest absolute Gasteiger partial charge is 0.338 e. The highest BCUT2D eigenvalue weighted by atomic mass is 16.4. The van der Waals surface area contributed by atoms with Crippen molar-refractivity contribution in [3.8, 4) is 0 Å². The minimum atomic E-state index is -1.20. The molecule has 0 saturated heterocycles. The van der Waals surface area contributed by atoms with Crippen molar-refractivity contribution in [1.82, 2.24) is 5.32 Å². The molecule has 7 nitrogen and oxygen atoms in total. The number of rotatable bonds is 5. The first-order valence-electron chi connectivity index (χ1n) is 5.25. The number of carboxylic acids is 1. The molecule has 0 spiro atoms. The van der Waals surface area contributed by atoms with Crippen molar-refractivity contribution in [2.24, 2.45) is 11.7 Å². The molecule has 1 rings (SSSR count). The van der Waals surface area contributed by atoms with Crippen LogP contribution in [0, 0.1) is 5.92 Å². The molecule has 1 atom stereocenters. The van der Waals surface area contributed by atoms with Gasteiger partial charge < -0.3 is 20.6 Å². The minimum absolute atomic E-state index is 0.139. The second-order valence-corrected chi connectivity index (χ2v) is 4.10. The minimum Gasteiger partial charge on any atom is -0.478 e. The maximum Gasteiger partial charge on any atom is 0.338 e. The van der Waals surface area contributed by atoms with Crippen LogP contribution in [0.4, 0.5) is 0 Å². The predicted molar refractivity (Wildman–Crippen MR) is 61.0 cm³/mol. The summed E-state index contributed by atoms with van der Waals surface area (Å²) in [6.45, 7) is 3.45. The Bertz CT molecular complexity index is 478. The molecule has 0 bridgehead atoms. The quantitative estimate of drug-likeness (QED) is 0.693. The van der Waals surface area contributed by atoms with E-state index >= 15 is 0 Å². The Balaban J connectivity index is 2.80. The summed E-state index contributed by atoms with van der Waals surface area (Å²) >= 11 is 0. The SMILES string of the molecule is CC(C)C(NC(=O)c1cc(C(=O)O)co1)C(N)=O. The predicted octanol–water partition coefficient (Wildman–Crippen LogP) is 0.217. The third-order valence-corrected chi connectivity index (χ3v) is 2.33. The summed E-state index contributed by atoms with van der Waals surface area (Å²) in [5, 5.41) is 11.1. The van der Waals surface area contributed by atoms with Crippen molar-refractivity contribution in [1.29, 1.82) is 0 Å². The van der Waals surface area contributed by atoms with Crippen molar-refractivity contribution < 1.29 is 23.9 Å². The number of hydrogen-bond donors (Lipinski definition) is 3. The number of carboxylic acid groups (broad SMARTS) is 1. The molecule has 0 saturated carbocycles. The molecule has 7 heteroatoms. The fourth-order valence-corrected chi connectivity index (χ4v) is 1.35. The molecule has 1 aromatic heterocycles. The van der Waals surface area contributed by atoms with Crippen molar-refractivity contribution >= 4 is 17.8 Å². The van der Waals surface area contributed by atoms with Gasteiger partial charge in [0.05, 0.1) is 5.56 Å². The fraction of sp³-hybridized carbons (Fsp3) is 0.364. The molecule has 0 aliphatic rings. The number of furan rings is 1. The first-order valence-corrected chi connectivity index (χ1v) is 5.25. The molecule has 0 fully saturated rings. The molecule has 0 radical (unpaired) electrons. The van der Waals surface area contributed by atoms with Gasteiger partial charge in [-0.15, -0.1) is 0 Å². The Morgan fingerprint density at radius 1 is 1.39 bits per heavy atom. The van der Waals surface area contributed by atoms with Crippen LogP contribution in [0.5, 0.6) is 0 Å². The molecule has 0 aliphatic carbocycles. The third kappa shape index (κ3) is 3.09. The average molecular weight is 254 g/mol. The zero-order valence-electron chi connectivity index (χ0n) is 9.97. The Morgan fingerprint density at radius 2 is 2.00 bits per heavy atom. The number of carbonyl (C=O) groups excluding carboxylic acids is 2. The van der Waals surface area contributed by atoms with Gasteiger partial charge in [-0.2, -0.15) is 0 Å². The van der Waals surface area contributed by atoms with Crippen LogP contribution in [-0.2, 0) is 4.79 Å². The maximum atomic E-state index is 11.7. The number of primary amides is 1. The van der Waals surface area contributed by atoms with E-state index in [1.807, 2.05) is 0 Å². The highest BCUT2D eigenvalue weighted by Gasteiger charge is 2.24. The largest absolute Gasteiger partial charge is 0.478 e. The van der Waals surface area contributed by atoms with Crippen LogP contribution in [-0.4, -0.2) is 28.9 Å². The van der Waals surface area contributed by atoms with Crippen LogP contribution in [0.2, 0.25) is 0 Å². The molecule has 4 N–H and O–H groups in total. The lowest BCUT2D eigenvalue weighted by atomic mass is 10.0. The molecule has 0 aliphatic heterocycles. The molecule has 98 valence electrons. The normalized spacial score (nSPS) is 12.2. The first kappa shape index (κ1) is 13.8. The summed E-state index contributed by atoms with van der Waals surface area (Å²) in [5.74, 6) is -2.91. The van der Waals surface area contributed by atoms with Crippen LogP contribution >= 0.6 is 0 Å². The van der Waals surface area contributed by atoms with Gasteiger partial charge in [-0.1, -0.05) is 13.8 Å². The molecule has 2 amide bonds. The zero-order chi connectivity index (χ0) is 13.9. The van der Waals surface area contributed by atoms with Crippen molar-refractivity contribution in [3.63, 3.8) is 0 Å². The Labute approximate surface area is 103 Å². The zero-order valence-corrected chi connectivity index (χ0v) is 9.97. The van der Waals surface area contributed by atoms with Crippen molar-refractivity contribution in [3.05, 3.63) is 23.7 Å². The van der Waals surface area contributed by atoms with E-state index < -0.39 is 23.8 Å². The number of aromatic carboxylic acids is 1. The van der Waals surface area contributed by atoms with Gasteiger partial charge in [0.15, 0.2) is 5.76 Å². The fourth-order valence-electron chi connectivity index (χ4n) is 1.35. The number of nitrogens with two attached hydrogens (primary N) is 1. The van der Waals surface area contributed by atoms with Crippen LogP contribution < -0.4 is 11.1 Å². The van der Waals surface area contributed by atoms with Gasteiger partial charge >= 0.3 is 5.97 Å². The summed E-state index contributed by atoms with van der Waals surface area (Å²) in [7, 11) is 0. The van der Waals surface area contributed by atoms with Gasteiger partial charge in [0, 0.05) is 6.07 Å². The topological polar surface area (TPSA) is 123 Å². The molecule has 0 aromatic carbocycles. The van der Waals surface area contributed by atoms with Crippen molar-refractivity contribution in [2.45, 2.75) is 19.9 Å². The van der Waals surface area contributed by atoms with Gasteiger partial charge in [0.2, 0.25) is 5.91 Å². The summed E-state index contributed by atoms with van der Waals surface area (Å²) < 4.78 is 4.80. The molecular weight excluding hydrogens is 240 g/mol. The van der Waals surface area contributed by atoms with Crippen LogP contribution in [0.1, 0.15) is 34.8 Å². The van der Waals surface area contributed by atoms with E-state index in [0.29, 0.717) is 0 Å². The van der Waals surface area contributed by atoms with Gasteiger partial charge in [-0.3, -0.25) is 9.59 Å². The maximum absolute atomic E-state index is 11.7. The molecule has 1 unspecified atom stereocenters. The second kappa shape index (κ2) is 5.35. The van der Waals surface area contributed by atoms with E-state index in [-0.39, 0.29) is 17.2 Å². The number of carbonyl (C=O) groups is 3. The van der Waals surface area contributed by atoms with E-state index in [2.05, 4.69) is 5.32 Å². The molecule has 18 heavy (non-hydrogen) atoms. The summed E-state index contributed by atoms with van der Waals surface area (Å²) in [6.07, 6.45) is 0.950. The number of hydrogen-bond acceptors (Lipinski definition) is 4. The van der Waals surface area contributed by atoms with Crippen LogP contribution in [0.15, 0.2) is 16.7 Å². The van der Waals surface area contributed by atoms with E-state index in [4.69, 9.17) is 15.3 Å². The average Bonchev–Trinajstić information content (AvgIpc) is 2.73. The Hall–Kier alpha value is -2.31. The third-order valence-electron chi connectivity index (χ3n) is 2.33. The summed E-state index contributed by atoms with van der Waals surface area (Å²) in [4.78, 5) is 33.4. The van der Waals surface area contributed by atoms with Gasteiger partial charge in [-0.05, 0) is 5.92 Å². The number of amides is 2. The Morgan fingerprint density at radius 3 is 2.39 bits per heavy atom. The monoisotopic (exact) mass is 254 g/mol. The van der Waals surface area contributed by atoms with E-state index in [9.17, 15) is 14.4 Å². The number of nitrogens with one attached hydrogen (secondary N) is 1. The molecule has 1 heterocycles. The molecule has 1 aromatic rings. The summed E-state index contributed by atoms with van der Waals surface area (Å²) in [5.41, 5.74) is 5.00. The van der Waals surface area contributed by atoms with Crippen LogP contribution in [0.25, 0.3) is 0 Å². The lowest BCUT2D eigenvalue weighted by Crippen LogP contribution is -2.47. The lowest BCUT2D eigenvalue weighted by Gasteiger charge is -2.17. The van der Waals surface area contributed by atoms with Gasteiger partial charge in [-0.25, -0.2) is 4.79 Å². The van der Waals surface area contributed by atoms with E-state index in [0.717, 1.165) is 12.3 Å².